The molecule has 1 heterocycles. The highest BCUT2D eigenvalue weighted by atomic mass is 79.9. The number of hydrogen-bond donors (Lipinski definition) is 1. The maximum atomic E-state index is 12.6. The zero-order valence-corrected chi connectivity index (χ0v) is 12.8. The Labute approximate surface area is 122 Å². The second kappa shape index (κ2) is 6.53. The number of aryl methyl sites for hydroxylation is 1. The Kier molecular flexibility index (Phi) is 4.99. The normalized spacial score (nSPS) is 18.9. The fraction of sp³-hybridized carbons (Fsp3) is 0.533. The molecule has 0 saturated carbocycles. The Morgan fingerprint density at radius 3 is 3.00 bits per heavy atom. The predicted molar refractivity (Wildman–Crippen MR) is 79.3 cm³/mol. The highest BCUT2D eigenvalue weighted by Crippen LogP contribution is 2.26. The van der Waals surface area contributed by atoms with Crippen molar-refractivity contribution in [3.8, 4) is 0 Å². The van der Waals surface area contributed by atoms with Gasteiger partial charge in [0.2, 0.25) is 0 Å². The average Bonchev–Trinajstić information content (AvgIpc) is 2.83. The van der Waals surface area contributed by atoms with Crippen molar-refractivity contribution in [2.45, 2.75) is 38.6 Å². The van der Waals surface area contributed by atoms with Crippen molar-refractivity contribution < 1.29 is 9.90 Å². The summed E-state index contributed by atoms with van der Waals surface area (Å²) in [6, 6.07) is 6.12. The first-order valence-corrected chi connectivity index (χ1v) is 7.60. The van der Waals surface area contributed by atoms with Crippen LogP contribution in [-0.2, 0) is 0 Å². The number of likely N-dealkylation sites (tertiary alicyclic amines) is 1. The summed E-state index contributed by atoms with van der Waals surface area (Å²) in [5.74, 6) is 0.104. The minimum Gasteiger partial charge on any atom is -0.396 e. The van der Waals surface area contributed by atoms with Crippen molar-refractivity contribution in [3.63, 3.8) is 0 Å². The fourth-order valence-electron chi connectivity index (χ4n) is 2.68. The first kappa shape index (κ1) is 14.5. The van der Waals surface area contributed by atoms with Crippen LogP contribution in [0.3, 0.4) is 0 Å². The molecule has 1 fully saturated rings. The van der Waals surface area contributed by atoms with Gasteiger partial charge in [-0.15, -0.1) is 0 Å². The summed E-state index contributed by atoms with van der Waals surface area (Å²) in [6.45, 7) is 3.04. The van der Waals surface area contributed by atoms with E-state index in [0.717, 1.165) is 47.8 Å². The van der Waals surface area contributed by atoms with Crippen LogP contribution in [-0.4, -0.2) is 35.1 Å². The number of hydrogen-bond acceptors (Lipinski definition) is 2. The number of aliphatic hydroxyl groups is 1. The number of nitrogens with zero attached hydrogens (tertiary/aromatic N) is 1. The molecule has 1 aromatic carbocycles. The van der Waals surface area contributed by atoms with E-state index >= 15 is 0 Å². The molecule has 2 rings (SSSR count). The molecule has 1 amide bonds. The minimum atomic E-state index is 0.104. The van der Waals surface area contributed by atoms with Crippen molar-refractivity contribution in [2.75, 3.05) is 13.2 Å². The smallest absolute Gasteiger partial charge is 0.255 e. The molecule has 4 heteroatoms. The number of amides is 1. The van der Waals surface area contributed by atoms with Gasteiger partial charge in [0.1, 0.15) is 0 Å². The van der Waals surface area contributed by atoms with Crippen LogP contribution in [0, 0.1) is 6.92 Å². The van der Waals surface area contributed by atoms with Crippen molar-refractivity contribution in [2.24, 2.45) is 0 Å². The lowest BCUT2D eigenvalue weighted by Crippen LogP contribution is -2.35. The third-order valence-electron chi connectivity index (χ3n) is 3.69. The van der Waals surface area contributed by atoms with E-state index in [1.54, 1.807) is 0 Å². The molecule has 1 aliphatic rings. The molecule has 19 heavy (non-hydrogen) atoms. The molecule has 104 valence electrons. The largest absolute Gasteiger partial charge is 0.396 e. The summed E-state index contributed by atoms with van der Waals surface area (Å²) in [5.41, 5.74) is 1.88. The fourth-order valence-corrected chi connectivity index (χ4v) is 3.34. The summed E-state index contributed by atoms with van der Waals surface area (Å²) >= 11 is 3.48. The van der Waals surface area contributed by atoms with E-state index in [-0.39, 0.29) is 18.6 Å². The van der Waals surface area contributed by atoms with Gasteiger partial charge in [0.25, 0.3) is 5.91 Å². The van der Waals surface area contributed by atoms with Crippen molar-refractivity contribution in [1.82, 2.24) is 4.90 Å². The van der Waals surface area contributed by atoms with Gasteiger partial charge >= 0.3 is 0 Å². The van der Waals surface area contributed by atoms with E-state index in [1.165, 1.54) is 0 Å². The van der Waals surface area contributed by atoms with Crippen LogP contribution in [0.5, 0.6) is 0 Å². The summed E-state index contributed by atoms with van der Waals surface area (Å²) in [4.78, 5) is 14.5. The Hall–Kier alpha value is -0.870. The lowest BCUT2D eigenvalue weighted by molar-refractivity contribution is 0.0723. The predicted octanol–water partition coefficient (Wildman–Crippen LogP) is 3.13. The number of carbonyl (C=O) groups excluding carboxylic acids is 1. The third-order valence-corrected chi connectivity index (χ3v) is 4.34. The topological polar surface area (TPSA) is 40.5 Å². The van der Waals surface area contributed by atoms with Crippen molar-refractivity contribution in [1.29, 1.82) is 0 Å². The molecule has 1 saturated heterocycles. The highest BCUT2D eigenvalue weighted by molar-refractivity contribution is 9.10. The maximum absolute atomic E-state index is 12.6. The van der Waals surface area contributed by atoms with E-state index < -0.39 is 0 Å². The average molecular weight is 326 g/mol. The molecule has 1 aromatic rings. The number of aliphatic hydroxyl groups excluding tert-OH is 1. The Morgan fingerprint density at radius 1 is 1.53 bits per heavy atom. The van der Waals surface area contributed by atoms with Crippen LogP contribution >= 0.6 is 15.9 Å². The molecule has 0 bridgehead atoms. The van der Waals surface area contributed by atoms with E-state index in [2.05, 4.69) is 15.9 Å². The van der Waals surface area contributed by atoms with Crippen LogP contribution in [0.25, 0.3) is 0 Å². The second-order valence-electron chi connectivity index (χ2n) is 5.14. The van der Waals surface area contributed by atoms with Gasteiger partial charge in [-0.2, -0.15) is 0 Å². The Bertz CT molecular complexity index is 461. The first-order chi connectivity index (χ1) is 9.13. The van der Waals surface area contributed by atoms with Crippen LogP contribution in [0.2, 0.25) is 0 Å². The Morgan fingerprint density at radius 2 is 2.32 bits per heavy atom. The van der Waals surface area contributed by atoms with Gasteiger partial charge in [0, 0.05) is 23.7 Å². The molecule has 0 spiro atoms. The lowest BCUT2D eigenvalue weighted by atomic mass is 10.1. The van der Waals surface area contributed by atoms with Gasteiger partial charge in [-0.1, -0.05) is 6.07 Å². The highest BCUT2D eigenvalue weighted by Gasteiger charge is 2.29. The number of halogens is 1. The molecule has 1 aliphatic heterocycles. The van der Waals surface area contributed by atoms with Crippen LogP contribution in [0.15, 0.2) is 22.7 Å². The lowest BCUT2D eigenvalue weighted by Gasteiger charge is -2.25. The standard InChI is InChI=1S/C15H20BrNO2/c1-11-6-7-13(14(16)10-11)15(19)17-8-2-4-12(17)5-3-9-18/h6-7,10,12,18H,2-5,8-9H2,1H3. The molecule has 0 radical (unpaired) electrons. The van der Waals surface area contributed by atoms with Gasteiger partial charge in [0.15, 0.2) is 0 Å². The SMILES string of the molecule is Cc1ccc(C(=O)N2CCCC2CCCO)c(Br)c1. The Balaban J connectivity index is 2.13. The quantitative estimate of drug-likeness (QED) is 0.923. The van der Waals surface area contributed by atoms with E-state index in [4.69, 9.17) is 5.11 Å². The first-order valence-electron chi connectivity index (χ1n) is 6.81. The summed E-state index contributed by atoms with van der Waals surface area (Å²) in [5, 5.41) is 8.93. The molecule has 1 unspecified atom stereocenters. The molecule has 3 nitrogen and oxygen atoms in total. The number of benzene rings is 1. The van der Waals surface area contributed by atoms with E-state index in [9.17, 15) is 4.79 Å². The molecule has 0 aromatic heterocycles. The van der Waals surface area contributed by atoms with Gasteiger partial charge in [-0.3, -0.25) is 4.79 Å². The van der Waals surface area contributed by atoms with Crippen LogP contribution in [0.4, 0.5) is 0 Å². The third kappa shape index (κ3) is 3.37. The van der Waals surface area contributed by atoms with Gasteiger partial charge in [-0.05, 0) is 66.2 Å². The maximum Gasteiger partial charge on any atom is 0.255 e. The molecular formula is C15H20BrNO2. The van der Waals surface area contributed by atoms with Crippen LogP contribution < -0.4 is 0 Å². The molecular weight excluding hydrogens is 306 g/mol. The van der Waals surface area contributed by atoms with Crippen molar-refractivity contribution in [3.05, 3.63) is 33.8 Å². The van der Waals surface area contributed by atoms with Crippen LogP contribution in [0.1, 0.15) is 41.6 Å². The summed E-state index contributed by atoms with van der Waals surface area (Å²) < 4.78 is 0.866. The number of carbonyl (C=O) groups is 1. The number of rotatable bonds is 4. The molecule has 1 atom stereocenters. The summed E-state index contributed by atoms with van der Waals surface area (Å²) in [6.07, 6.45) is 3.77. The van der Waals surface area contributed by atoms with E-state index in [0.29, 0.717) is 0 Å². The van der Waals surface area contributed by atoms with Gasteiger partial charge in [-0.25, -0.2) is 0 Å². The second-order valence-corrected chi connectivity index (χ2v) is 6.00. The van der Waals surface area contributed by atoms with Gasteiger partial charge < -0.3 is 10.0 Å². The van der Waals surface area contributed by atoms with Gasteiger partial charge in [0.05, 0.1) is 5.56 Å². The van der Waals surface area contributed by atoms with E-state index in [1.807, 2.05) is 30.0 Å². The zero-order valence-electron chi connectivity index (χ0n) is 11.2. The zero-order chi connectivity index (χ0) is 13.8. The summed E-state index contributed by atoms with van der Waals surface area (Å²) in [7, 11) is 0. The monoisotopic (exact) mass is 325 g/mol. The minimum absolute atomic E-state index is 0.104. The van der Waals surface area contributed by atoms with Crippen molar-refractivity contribution >= 4 is 21.8 Å². The molecule has 0 aliphatic carbocycles. The molecule has 1 N–H and O–H groups in total.